The first-order valence-corrected chi connectivity index (χ1v) is 10.4. The van der Waals surface area contributed by atoms with Crippen molar-refractivity contribution in [3.05, 3.63) is 99.1 Å². The number of nitro groups is 1. The Morgan fingerprint density at radius 3 is 2.24 bits per heavy atom. The van der Waals surface area contributed by atoms with Crippen molar-refractivity contribution in [2.45, 2.75) is 18.1 Å². The summed E-state index contributed by atoms with van der Waals surface area (Å²) in [7, 11) is 0. The minimum atomic E-state index is -2.03. The summed E-state index contributed by atoms with van der Waals surface area (Å²) in [5, 5.41) is 33.7. The van der Waals surface area contributed by atoms with Gasteiger partial charge in [0.1, 0.15) is 24.6 Å². The molecule has 1 aliphatic carbocycles. The van der Waals surface area contributed by atoms with Crippen LogP contribution in [-0.4, -0.2) is 40.5 Å². The van der Waals surface area contributed by atoms with Crippen LogP contribution < -0.4 is 5.32 Å². The predicted molar refractivity (Wildman–Crippen MR) is 117 cm³/mol. The third kappa shape index (κ3) is 4.45. The smallest absolute Gasteiger partial charge is 0.407 e. The third-order valence-electron chi connectivity index (χ3n) is 5.72. The van der Waals surface area contributed by atoms with E-state index in [1.165, 1.54) is 0 Å². The lowest BCUT2D eigenvalue weighted by molar-refractivity contribution is -0.389. The topological polar surface area (TPSA) is 122 Å². The minimum absolute atomic E-state index is 0.0130. The molecule has 4 rings (SSSR count). The van der Waals surface area contributed by atoms with Gasteiger partial charge in [0.05, 0.1) is 10.5 Å². The van der Waals surface area contributed by atoms with Crippen LogP contribution in [0.25, 0.3) is 11.1 Å². The zero-order chi connectivity index (χ0) is 24.4. The van der Waals surface area contributed by atoms with Gasteiger partial charge in [0.25, 0.3) is 0 Å². The van der Waals surface area contributed by atoms with E-state index < -0.39 is 52.7 Å². The number of carbonyl (C=O) groups excluding carboxylic acids is 1. The molecular weight excluding hydrogens is 450 g/mol. The molecule has 3 N–H and O–H groups in total. The third-order valence-corrected chi connectivity index (χ3v) is 5.72. The van der Waals surface area contributed by atoms with Crippen LogP contribution >= 0.6 is 0 Å². The number of benzene rings is 3. The number of hydrogen-bond acceptors (Lipinski definition) is 6. The summed E-state index contributed by atoms with van der Waals surface area (Å²) in [6.07, 6.45) is -4.71. The highest BCUT2D eigenvalue weighted by atomic mass is 19.1. The Labute approximate surface area is 192 Å². The molecule has 0 aliphatic heterocycles. The number of nitrogens with one attached hydrogen (secondary N) is 1. The molecule has 0 saturated carbocycles. The summed E-state index contributed by atoms with van der Waals surface area (Å²) in [6.45, 7) is -0.563. The van der Waals surface area contributed by atoms with Gasteiger partial charge in [-0.2, -0.15) is 4.39 Å². The summed E-state index contributed by atoms with van der Waals surface area (Å²) < 4.78 is 32.6. The van der Waals surface area contributed by atoms with Gasteiger partial charge in [0.2, 0.25) is 5.82 Å². The minimum Gasteiger partial charge on any atom is -0.449 e. The molecule has 34 heavy (non-hydrogen) atoms. The number of aliphatic hydroxyl groups excluding tert-OH is 2. The second kappa shape index (κ2) is 9.54. The Hall–Kier alpha value is -3.89. The van der Waals surface area contributed by atoms with Gasteiger partial charge in [-0.05, 0) is 28.3 Å². The lowest BCUT2D eigenvalue weighted by Crippen LogP contribution is -2.36. The average molecular weight is 470 g/mol. The van der Waals surface area contributed by atoms with E-state index in [4.69, 9.17) is 4.74 Å². The van der Waals surface area contributed by atoms with Crippen LogP contribution in [0.4, 0.5) is 19.3 Å². The van der Waals surface area contributed by atoms with Crippen molar-refractivity contribution in [2.24, 2.45) is 0 Å². The number of nitrogens with zero attached hydrogens (tertiary/aromatic N) is 1. The Kier molecular flexibility index (Phi) is 6.53. The van der Waals surface area contributed by atoms with Crippen LogP contribution in [-0.2, 0) is 4.74 Å². The van der Waals surface area contributed by atoms with Gasteiger partial charge in [-0.1, -0.05) is 48.5 Å². The number of aliphatic hydroxyl groups is 2. The van der Waals surface area contributed by atoms with E-state index in [9.17, 15) is 33.9 Å². The molecular formula is C24H20F2N2O6. The van der Waals surface area contributed by atoms with Crippen molar-refractivity contribution in [3.63, 3.8) is 0 Å². The summed E-state index contributed by atoms with van der Waals surface area (Å²) in [6, 6.07) is 16.4. The first-order valence-electron chi connectivity index (χ1n) is 10.4. The van der Waals surface area contributed by atoms with Gasteiger partial charge in [-0.15, -0.1) is 0 Å². The molecule has 0 radical (unpaired) electrons. The molecule has 1 amide bonds. The molecule has 0 aromatic heterocycles. The number of carbonyl (C=O) groups is 1. The van der Waals surface area contributed by atoms with E-state index in [0.29, 0.717) is 12.1 Å². The number of fused-ring (bicyclic) bond motifs is 3. The molecule has 3 aromatic carbocycles. The second-order valence-corrected chi connectivity index (χ2v) is 7.80. The van der Waals surface area contributed by atoms with Gasteiger partial charge in [-0.3, -0.25) is 10.1 Å². The van der Waals surface area contributed by atoms with Gasteiger partial charge in [-0.25, -0.2) is 9.18 Å². The fourth-order valence-electron chi connectivity index (χ4n) is 4.16. The first kappa shape index (κ1) is 23.3. The number of ether oxygens (including phenoxy) is 1. The molecule has 3 aromatic rings. The highest BCUT2D eigenvalue weighted by molar-refractivity contribution is 5.79. The molecule has 0 heterocycles. The number of nitro benzene ring substituents is 1. The molecule has 176 valence electrons. The largest absolute Gasteiger partial charge is 0.449 e. The van der Waals surface area contributed by atoms with Crippen molar-refractivity contribution >= 4 is 11.8 Å². The van der Waals surface area contributed by atoms with Crippen molar-refractivity contribution in [1.29, 1.82) is 0 Å². The summed E-state index contributed by atoms with van der Waals surface area (Å²) in [4.78, 5) is 22.2. The van der Waals surface area contributed by atoms with Crippen LogP contribution in [0.2, 0.25) is 0 Å². The van der Waals surface area contributed by atoms with Gasteiger partial charge in [0, 0.05) is 18.5 Å². The number of amides is 1. The number of rotatable bonds is 7. The normalized spacial score (nSPS) is 14.1. The van der Waals surface area contributed by atoms with Crippen LogP contribution in [0.5, 0.6) is 0 Å². The van der Waals surface area contributed by atoms with Crippen LogP contribution in [0.3, 0.4) is 0 Å². The Bertz CT molecular complexity index is 1210. The number of alkyl carbamates (subject to hydrolysis) is 1. The molecule has 0 bridgehead atoms. The SMILES string of the molecule is O=C(NCC(O)C(O)c1cc(F)cc(F)c1[N+](=O)[O-])OCC1c2ccccc2-c2ccccc21. The zero-order valence-corrected chi connectivity index (χ0v) is 17.7. The zero-order valence-electron chi connectivity index (χ0n) is 17.7. The van der Waals surface area contributed by atoms with E-state index in [-0.39, 0.29) is 12.5 Å². The van der Waals surface area contributed by atoms with Crippen molar-refractivity contribution in [3.8, 4) is 11.1 Å². The van der Waals surface area contributed by atoms with E-state index in [1.54, 1.807) is 0 Å². The van der Waals surface area contributed by atoms with E-state index in [0.717, 1.165) is 22.3 Å². The Morgan fingerprint density at radius 1 is 1.06 bits per heavy atom. The highest BCUT2D eigenvalue weighted by Crippen LogP contribution is 2.44. The molecule has 8 nitrogen and oxygen atoms in total. The molecule has 0 fully saturated rings. The second-order valence-electron chi connectivity index (χ2n) is 7.80. The average Bonchev–Trinajstić information content (AvgIpc) is 3.13. The number of hydrogen-bond donors (Lipinski definition) is 3. The lowest BCUT2D eigenvalue weighted by atomic mass is 9.98. The monoisotopic (exact) mass is 470 g/mol. The maximum absolute atomic E-state index is 13.8. The quantitative estimate of drug-likeness (QED) is 0.357. The predicted octanol–water partition coefficient (Wildman–Crippen LogP) is 3.81. The summed E-state index contributed by atoms with van der Waals surface area (Å²) in [5.41, 5.74) is 2.21. The maximum Gasteiger partial charge on any atom is 0.407 e. The summed E-state index contributed by atoms with van der Waals surface area (Å²) >= 11 is 0. The number of halogens is 2. The maximum atomic E-state index is 13.8. The molecule has 10 heteroatoms. The van der Waals surface area contributed by atoms with Crippen LogP contribution in [0, 0.1) is 21.7 Å². The highest BCUT2D eigenvalue weighted by Gasteiger charge is 2.32. The van der Waals surface area contributed by atoms with Crippen molar-refractivity contribution in [2.75, 3.05) is 13.2 Å². The fraction of sp³-hybridized carbons (Fsp3) is 0.208. The molecule has 0 saturated heterocycles. The lowest BCUT2D eigenvalue weighted by Gasteiger charge is -2.19. The summed E-state index contributed by atoms with van der Waals surface area (Å²) in [5.74, 6) is -2.84. The van der Waals surface area contributed by atoms with Crippen LogP contribution in [0.15, 0.2) is 60.7 Å². The van der Waals surface area contributed by atoms with Crippen LogP contribution in [0.1, 0.15) is 28.7 Å². The Morgan fingerprint density at radius 2 is 1.65 bits per heavy atom. The van der Waals surface area contributed by atoms with E-state index in [1.807, 2.05) is 48.5 Å². The first-order chi connectivity index (χ1) is 16.3. The van der Waals surface area contributed by atoms with Gasteiger partial charge >= 0.3 is 11.8 Å². The van der Waals surface area contributed by atoms with Gasteiger partial charge < -0.3 is 20.3 Å². The van der Waals surface area contributed by atoms with Crippen molar-refractivity contribution < 1.29 is 33.4 Å². The van der Waals surface area contributed by atoms with Gasteiger partial charge in [0.15, 0.2) is 0 Å². The standard InChI is InChI=1S/C24H20F2N2O6/c25-13-9-18(22(28(32)33)20(26)10-13)23(30)21(29)11-27-24(31)34-12-19-16-7-3-1-5-14(16)15-6-2-4-8-17(15)19/h1-10,19,21,23,29-30H,11-12H2,(H,27,31). The Balaban J connectivity index is 1.39. The molecule has 0 spiro atoms. The fourth-order valence-corrected chi connectivity index (χ4v) is 4.16. The van der Waals surface area contributed by atoms with Crippen molar-refractivity contribution in [1.82, 2.24) is 5.32 Å². The van der Waals surface area contributed by atoms with E-state index in [2.05, 4.69) is 5.32 Å². The van der Waals surface area contributed by atoms with E-state index >= 15 is 0 Å². The molecule has 1 aliphatic rings. The molecule has 2 atom stereocenters. The molecule has 2 unspecified atom stereocenters.